The van der Waals surface area contributed by atoms with Crippen molar-refractivity contribution < 1.29 is 33.3 Å². The number of hydrogen-bond donors (Lipinski definition) is 1. The number of carbonyl (C=O) groups excluding carboxylic acids is 2. The van der Waals surface area contributed by atoms with Crippen molar-refractivity contribution in [1.29, 1.82) is 0 Å². The van der Waals surface area contributed by atoms with Crippen LogP contribution in [0.25, 0.3) is 0 Å². The van der Waals surface area contributed by atoms with Crippen LogP contribution in [0.3, 0.4) is 0 Å². The van der Waals surface area contributed by atoms with E-state index in [0.29, 0.717) is 0 Å². The van der Waals surface area contributed by atoms with Crippen LogP contribution in [0.15, 0.2) is 0 Å². The summed E-state index contributed by atoms with van der Waals surface area (Å²) in [4.78, 5) is 33.0. The molecule has 0 unspecified atom stereocenters. The standard InChI is InChI=1S/C9H17N2O7P/c1-9(2)7(12)11(8(13)10-9)5-6-19(14,17-15-3)18-16-4/h5-6H2,1-4H3,(H,10,13). The molecule has 19 heavy (non-hydrogen) atoms. The highest BCUT2D eigenvalue weighted by atomic mass is 31.2. The molecule has 0 bridgehead atoms. The summed E-state index contributed by atoms with van der Waals surface area (Å²) in [5.41, 5.74) is -0.981. The maximum absolute atomic E-state index is 12.0. The maximum atomic E-state index is 12.0. The normalized spacial score (nSPS) is 18.8. The lowest BCUT2D eigenvalue weighted by Gasteiger charge is -2.18. The summed E-state index contributed by atoms with van der Waals surface area (Å²) >= 11 is 0. The van der Waals surface area contributed by atoms with Crippen molar-refractivity contribution >= 4 is 19.5 Å². The first-order chi connectivity index (χ1) is 8.75. The van der Waals surface area contributed by atoms with Crippen molar-refractivity contribution in [3.05, 3.63) is 0 Å². The van der Waals surface area contributed by atoms with Gasteiger partial charge in [0.1, 0.15) is 5.54 Å². The summed E-state index contributed by atoms with van der Waals surface area (Å²) < 4.78 is 21.0. The van der Waals surface area contributed by atoms with Crippen molar-refractivity contribution in [2.45, 2.75) is 19.4 Å². The first kappa shape index (κ1) is 16.1. The highest BCUT2D eigenvalue weighted by Gasteiger charge is 2.45. The van der Waals surface area contributed by atoms with Gasteiger partial charge in [-0.15, -0.1) is 9.35 Å². The van der Waals surface area contributed by atoms with E-state index in [9.17, 15) is 14.2 Å². The zero-order valence-electron chi connectivity index (χ0n) is 11.2. The Balaban J connectivity index is 2.68. The van der Waals surface area contributed by atoms with Gasteiger partial charge in [0, 0.05) is 6.54 Å². The van der Waals surface area contributed by atoms with Crippen molar-refractivity contribution in [3.8, 4) is 0 Å². The Morgan fingerprint density at radius 2 is 1.74 bits per heavy atom. The van der Waals surface area contributed by atoms with Crippen LogP contribution in [0, 0.1) is 0 Å². The minimum Gasteiger partial charge on any atom is -0.324 e. The Morgan fingerprint density at radius 1 is 1.21 bits per heavy atom. The van der Waals surface area contributed by atoms with E-state index in [0.717, 1.165) is 19.1 Å². The van der Waals surface area contributed by atoms with Crippen LogP contribution in [-0.4, -0.2) is 49.3 Å². The van der Waals surface area contributed by atoms with Gasteiger partial charge in [-0.3, -0.25) is 14.3 Å². The fourth-order valence-electron chi connectivity index (χ4n) is 1.56. The molecule has 10 heteroatoms. The first-order valence-electron chi connectivity index (χ1n) is 5.44. The fraction of sp³-hybridized carbons (Fsp3) is 0.778. The smallest absolute Gasteiger partial charge is 0.324 e. The van der Waals surface area contributed by atoms with E-state index in [2.05, 4.69) is 24.4 Å². The highest BCUT2D eigenvalue weighted by Crippen LogP contribution is 2.48. The minimum absolute atomic E-state index is 0.141. The Kier molecular flexibility index (Phi) is 5.05. The summed E-state index contributed by atoms with van der Waals surface area (Å²) in [6, 6.07) is -0.559. The summed E-state index contributed by atoms with van der Waals surface area (Å²) in [7, 11) is -1.37. The summed E-state index contributed by atoms with van der Waals surface area (Å²) in [6.07, 6.45) is -0.246. The molecule has 0 spiro atoms. The minimum atomic E-state index is -3.68. The maximum Gasteiger partial charge on any atom is 0.386 e. The van der Waals surface area contributed by atoms with E-state index in [1.165, 1.54) is 0 Å². The lowest BCUT2D eigenvalue weighted by atomic mass is 10.1. The third kappa shape index (κ3) is 3.74. The highest BCUT2D eigenvalue weighted by molar-refractivity contribution is 7.53. The average molecular weight is 296 g/mol. The number of carbonyl (C=O) groups is 2. The number of urea groups is 1. The zero-order chi connectivity index (χ0) is 14.7. The predicted molar refractivity (Wildman–Crippen MR) is 63.0 cm³/mol. The van der Waals surface area contributed by atoms with Gasteiger partial charge >= 0.3 is 13.6 Å². The van der Waals surface area contributed by atoms with E-state index < -0.39 is 25.1 Å². The van der Waals surface area contributed by atoms with Gasteiger partial charge in [0.15, 0.2) is 0 Å². The van der Waals surface area contributed by atoms with Gasteiger partial charge < -0.3 is 5.32 Å². The quantitative estimate of drug-likeness (QED) is 0.318. The lowest BCUT2D eigenvalue weighted by Crippen LogP contribution is -2.40. The Labute approximate surface area is 110 Å². The molecule has 110 valence electrons. The average Bonchev–Trinajstić information content (AvgIpc) is 2.47. The molecule has 0 aromatic rings. The van der Waals surface area contributed by atoms with Crippen LogP contribution >= 0.6 is 7.60 Å². The second-order valence-electron chi connectivity index (χ2n) is 4.33. The van der Waals surface area contributed by atoms with E-state index in [1.807, 2.05) is 0 Å². The van der Waals surface area contributed by atoms with Crippen LogP contribution in [-0.2, 0) is 28.5 Å². The molecule has 1 aliphatic rings. The second kappa shape index (κ2) is 5.98. The van der Waals surface area contributed by atoms with Gasteiger partial charge in [-0.05, 0) is 13.8 Å². The molecular formula is C9H17N2O7P. The zero-order valence-corrected chi connectivity index (χ0v) is 12.1. The van der Waals surface area contributed by atoms with Crippen LogP contribution in [0.2, 0.25) is 0 Å². The van der Waals surface area contributed by atoms with Gasteiger partial charge in [-0.25, -0.2) is 14.6 Å². The molecule has 0 atom stereocenters. The van der Waals surface area contributed by atoms with E-state index in [1.54, 1.807) is 13.8 Å². The monoisotopic (exact) mass is 296 g/mol. The van der Waals surface area contributed by atoms with Gasteiger partial charge in [-0.2, -0.15) is 0 Å². The Bertz CT molecular complexity index is 401. The van der Waals surface area contributed by atoms with Crippen molar-refractivity contribution in [1.82, 2.24) is 10.2 Å². The van der Waals surface area contributed by atoms with Crippen LogP contribution in [0.1, 0.15) is 13.8 Å². The second-order valence-corrected chi connectivity index (χ2v) is 6.30. The molecule has 0 aliphatic carbocycles. The first-order valence-corrected chi connectivity index (χ1v) is 7.16. The number of amides is 3. The number of rotatable bonds is 7. The number of nitrogens with one attached hydrogen (secondary N) is 1. The predicted octanol–water partition coefficient (Wildman–Crippen LogP) is 0.666. The van der Waals surface area contributed by atoms with Gasteiger partial charge in [0.25, 0.3) is 5.91 Å². The topological polar surface area (TPSA) is 103 Å². The van der Waals surface area contributed by atoms with Crippen molar-refractivity contribution in [3.63, 3.8) is 0 Å². The van der Waals surface area contributed by atoms with E-state index in [4.69, 9.17) is 0 Å². The molecule has 1 aliphatic heterocycles. The molecular weight excluding hydrogens is 279 g/mol. The molecule has 0 saturated carbocycles. The third-order valence-electron chi connectivity index (χ3n) is 2.42. The largest absolute Gasteiger partial charge is 0.386 e. The summed E-state index contributed by atoms with van der Waals surface area (Å²) in [5, 5.41) is 2.50. The Morgan fingerprint density at radius 3 is 2.11 bits per heavy atom. The number of nitrogens with zero attached hydrogens (tertiary/aromatic N) is 1. The summed E-state index contributed by atoms with van der Waals surface area (Å²) in [6.45, 7) is 3.01. The fourth-order valence-corrected chi connectivity index (χ4v) is 2.63. The molecule has 1 rings (SSSR count). The van der Waals surface area contributed by atoms with E-state index in [-0.39, 0.29) is 12.7 Å². The van der Waals surface area contributed by atoms with Crippen LogP contribution < -0.4 is 5.32 Å². The Hall–Kier alpha value is -0.990. The molecule has 1 heterocycles. The van der Waals surface area contributed by atoms with Gasteiger partial charge in [0.2, 0.25) is 0 Å². The molecule has 3 amide bonds. The molecule has 0 radical (unpaired) electrons. The van der Waals surface area contributed by atoms with Crippen LogP contribution in [0.5, 0.6) is 0 Å². The van der Waals surface area contributed by atoms with Crippen molar-refractivity contribution in [2.75, 3.05) is 26.9 Å². The van der Waals surface area contributed by atoms with Crippen LogP contribution in [0.4, 0.5) is 4.79 Å². The number of imide groups is 1. The van der Waals surface area contributed by atoms with Gasteiger partial charge in [-0.1, -0.05) is 0 Å². The summed E-state index contributed by atoms with van der Waals surface area (Å²) in [5.74, 6) is -0.418. The van der Waals surface area contributed by atoms with Gasteiger partial charge in [0.05, 0.1) is 20.4 Å². The molecule has 0 aromatic carbocycles. The molecule has 9 nitrogen and oxygen atoms in total. The molecule has 1 saturated heterocycles. The van der Waals surface area contributed by atoms with E-state index >= 15 is 0 Å². The molecule has 0 aromatic heterocycles. The third-order valence-corrected chi connectivity index (χ3v) is 3.92. The SMILES string of the molecule is COOP(=O)(CCN1C(=O)NC(C)(C)C1=O)OOC. The lowest BCUT2D eigenvalue weighted by molar-refractivity contribution is -0.242. The molecule has 1 N–H and O–H groups in total. The van der Waals surface area contributed by atoms with Crippen molar-refractivity contribution in [2.24, 2.45) is 0 Å². The number of hydrogen-bond acceptors (Lipinski definition) is 7. The molecule has 1 fully saturated rings.